The van der Waals surface area contributed by atoms with Crippen LogP contribution in [0.4, 0.5) is 0 Å². The lowest BCUT2D eigenvalue weighted by molar-refractivity contribution is 1.47. The van der Waals surface area contributed by atoms with E-state index >= 15 is 0 Å². The van der Waals surface area contributed by atoms with Crippen molar-refractivity contribution >= 4 is 23.8 Å². The third-order valence-corrected chi connectivity index (χ3v) is 5.97. The van der Waals surface area contributed by atoms with Crippen LogP contribution in [0.2, 0.25) is 0 Å². The lowest BCUT2D eigenvalue weighted by Crippen LogP contribution is -1.90. The summed E-state index contributed by atoms with van der Waals surface area (Å²) in [5.41, 5.74) is 13.2. The zero-order valence-electron chi connectivity index (χ0n) is 14.6. The number of hydrogen-bond acceptors (Lipinski definition) is 1. The highest BCUT2D eigenvalue weighted by molar-refractivity contribution is 7.80. The molecule has 0 atom stereocenters. The van der Waals surface area contributed by atoms with Gasteiger partial charge in [0.2, 0.25) is 0 Å². The molecule has 2 aliphatic rings. The maximum absolute atomic E-state index is 4.59. The minimum absolute atomic E-state index is 1.00. The molecule has 0 N–H and O–H groups in total. The summed E-state index contributed by atoms with van der Waals surface area (Å²) in [6.45, 7) is 0. The van der Waals surface area contributed by atoms with Crippen molar-refractivity contribution in [2.24, 2.45) is 0 Å². The molecule has 0 amide bonds. The maximum Gasteiger partial charge on any atom is 0.00465 e. The van der Waals surface area contributed by atoms with E-state index in [0.29, 0.717) is 0 Å². The van der Waals surface area contributed by atoms with Gasteiger partial charge in [0.15, 0.2) is 0 Å². The SMILES string of the molecule is Sc1ccc2c(c1)-c1ccccc1C2=C1c2ccccc2-c2ccccc21. The molecule has 6 rings (SSSR count). The van der Waals surface area contributed by atoms with Crippen LogP contribution >= 0.6 is 12.6 Å². The Morgan fingerprint density at radius 3 is 1.22 bits per heavy atom. The summed E-state index contributed by atoms with van der Waals surface area (Å²) in [5, 5.41) is 0. The van der Waals surface area contributed by atoms with Gasteiger partial charge in [-0.3, -0.25) is 0 Å². The third-order valence-electron chi connectivity index (χ3n) is 5.69. The molecule has 27 heavy (non-hydrogen) atoms. The van der Waals surface area contributed by atoms with E-state index in [1.54, 1.807) is 0 Å². The van der Waals surface area contributed by atoms with Crippen molar-refractivity contribution in [2.75, 3.05) is 0 Å². The molecule has 2 aliphatic carbocycles. The van der Waals surface area contributed by atoms with Crippen LogP contribution in [0.25, 0.3) is 33.4 Å². The molecular formula is C26H16S. The summed E-state index contributed by atoms with van der Waals surface area (Å²) in [7, 11) is 0. The van der Waals surface area contributed by atoms with Crippen LogP contribution in [0.15, 0.2) is 95.9 Å². The van der Waals surface area contributed by atoms with Crippen molar-refractivity contribution in [3.8, 4) is 22.3 Å². The van der Waals surface area contributed by atoms with Gasteiger partial charge in [-0.15, -0.1) is 12.6 Å². The Labute approximate surface area is 164 Å². The lowest BCUT2D eigenvalue weighted by atomic mass is 9.92. The van der Waals surface area contributed by atoms with Gasteiger partial charge in [0, 0.05) is 4.90 Å². The summed E-state index contributed by atoms with van der Waals surface area (Å²) < 4.78 is 0. The normalized spacial score (nSPS) is 13.2. The number of thiol groups is 1. The average molecular weight is 360 g/mol. The van der Waals surface area contributed by atoms with Crippen LogP contribution in [0.5, 0.6) is 0 Å². The van der Waals surface area contributed by atoms with E-state index in [1.165, 1.54) is 55.7 Å². The van der Waals surface area contributed by atoms with Crippen LogP contribution in [0.3, 0.4) is 0 Å². The zero-order chi connectivity index (χ0) is 18.0. The molecule has 1 heteroatoms. The molecule has 4 aromatic carbocycles. The Morgan fingerprint density at radius 2 is 0.741 bits per heavy atom. The van der Waals surface area contributed by atoms with Crippen LogP contribution in [-0.2, 0) is 0 Å². The summed E-state index contributed by atoms with van der Waals surface area (Å²) in [4.78, 5) is 1.00. The van der Waals surface area contributed by atoms with Gasteiger partial charge >= 0.3 is 0 Å². The van der Waals surface area contributed by atoms with Gasteiger partial charge in [0.25, 0.3) is 0 Å². The summed E-state index contributed by atoms with van der Waals surface area (Å²) in [6, 6.07) is 32.8. The Bertz CT molecular complexity index is 1230. The van der Waals surface area contributed by atoms with E-state index < -0.39 is 0 Å². The van der Waals surface area contributed by atoms with Gasteiger partial charge < -0.3 is 0 Å². The lowest BCUT2D eigenvalue weighted by Gasteiger charge is -2.11. The number of rotatable bonds is 0. The first-order chi connectivity index (χ1) is 13.3. The molecule has 4 aromatic rings. The molecule has 0 saturated heterocycles. The van der Waals surface area contributed by atoms with Gasteiger partial charge in [-0.1, -0.05) is 78.9 Å². The molecule has 0 bridgehead atoms. The molecule has 126 valence electrons. The fraction of sp³-hybridized carbons (Fsp3) is 0. The Hall–Kier alpha value is -3.03. The summed E-state index contributed by atoms with van der Waals surface area (Å²) >= 11 is 4.59. The molecule has 0 saturated carbocycles. The smallest absolute Gasteiger partial charge is 0.00465 e. The quantitative estimate of drug-likeness (QED) is 0.279. The zero-order valence-corrected chi connectivity index (χ0v) is 15.5. The maximum atomic E-state index is 4.59. The molecular weight excluding hydrogens is 344 g/mol. The fourth-order valence-corrected chi connectivity index (χ4v) is 4.81. The van der Waals surface area contributed by atoms with Gasteiger partial charge in [-0.2, -0.15) is 0 Å². The van der Waals surface area contributed by atoms with Gasteiger partial charge in [-0.25, -0.2) is 0 Å². The highest BCUT2D eigenvalue weighted by Gasteiger charge is 2.31. The average Bonchev–Trinajstić information content (AvgIpc) is 3.20. The van der Waals surface area contributed by atoms with Gasteiger partial charge in [0.05, 0.1) is 0 Å². The van der Waals surface area contributed by atoms with Crippen molar-refractivity contribution in [2.45, 2.75) is 4.90 Å². The fourth-order valence-electron chi connectivity index (χ4n) is 4.61. The highest BCUT2D eigenvalue weighted by atomic mass is 32.1. The predicted octanol–water partition coefficient (Wildman–Crippen LogP) is 6.94. The molecule has 0 heterocycles. The Balaban J connectivity index is 1.81. The van der Waals surface area contributed by atoms with E-state index in [-0.39, 0.29) is 0 Å². The van der Waals surface area contributed by atoms with Crippen LogP contribution < -0.4 is 0 Å². The first kappa shape index (κ1) is 15.1. The van der Waals surface area contributed by atoms with Gasteiger partial charge in [-0.05, 0) is 67.8 Å². The van der Waals surface area contributed by atoms with Crippen LogP contribution in [0, 0.1) is 0 Å². The van der Waals surface area contributed by atoms with E-state index in [1.807, 2.05) is 0 Å². The second-order valence-corrected chi connectivity index (χ2v) is 7.63. The molecule has 0 fully saturated rings. The van der Waals surface area contributed by atoms with Crippen LogP contribution in [-0.4, -0.2) is 0 Å². The molecule has 0 spiro atoms. The second kappa shape index (κ2) is 5.48. The number of fused-ring (bicyclic) bond motifs is 6. The van der Waals surface area contributed by atoms with Crippen molar-refractivity contribution in [1.29, 1.82) is 0 Å². The largest absolute Gasteiger partial charge is 0.143 e. The first-order valence-corrected chi connectivity index (χ1v) is 9.64. The molecule has 0 aliphatic heterocycles. The minimum atomic E-state index is 1.00. The molecule has 0 unspecified atom stereocenters. The van der Waals surface area contributed by atoms with E-state index in [2.05, 4.69) is 104 Å². The van der Waals surface area contributed by atoms with Crippen molar-refractivity contribution in [3.63, 3.8) is 0 Å². The molecule has 0 radical (unpaired) electrons. The van der Waals surface area contributed by atoms with E-state index in [4.69, 9.17) is 0 Å². The number of benzene rings is 4. The first-order valence-electron chi connectivity index (χ1n) is 9.19. The van der Waals surface area contributed by atoms with Crippen LogP contribution in [0.1, 0.15) is 22.3 Å². The number of hydrogen-bond donors (Lipinski definition) is 1. The minimum Gasteiger partial charge on any atom is -0.143 e. The van der Waals surface area contributed by atoms with Crippen molar-refractivity contribution in [3.05, 3.63) is 113 Å². The second-order valence-electron chi connectivity index (χ2n) is 7.12. The highest BCUT2D eigenvalue weighted by Crippen LogP contribution is 2.54. The standard InChI is InChI=1S/C26H16S/c27-16-13-14-23-24(15-16)19-9-3-6-12-22(19)26(23)25-20-10-4-1-7-17(20)18-8-2-5-11-21(18)25/h1-15,27H. The van der Waals surface area contributed by atoms with E-state index in [0.717, 1.165) is 4.90 Å². The third kappa shape index (κ3) is 2.01. The Kier molecular flexibility index (Phi) is 3.06. The topological polar surface area (TPSA) is 0 Å². The molecule has 0 nitrogen and oxygen atoms in total. The monoisotopic (exact) mass is 360 g/mol. The van der Waals surface area contributed by atoms with Gasteiger partial charge in [0.1, 0.15) is 0 Å². The molecule has 0 aromatic heterocycles. The summed E-state index contributed by atoms with van der Waals surface area (Å²) in [6.07, 6.45) is 0. The van der Waals surface area contributed by atoms with Crippen molar-refractivity contribution < 1.29 is 0 Å². The Morgan fingerprint density at radius 1 is 0.370 bits per heavy atom. The van der Waals surface area contributed by atoms with Crippen molar-refractivity contribution in [1.82, 2.24) is 0 Å². The summed E-state index contributed by atoms with van der Waals surface area (Å²) in [5.74, 6) is 0. The van der Waals surface area contributed by atoms with E-state index in [9.17, 15) is 0 Å². The predicted molar refractivity (Wildman–Crippen MR) is 116 cm³/mol.